The molecule has 0 heterocycles. The summed E-state index contributed by atoms with van der Waals surface area (Å²) in [4.78, 5) is -0.0253. The van der Waals surface area contributed by atoms with Crippen molar-refractivity contribution in [3.63, 3.8) is 0 Å². The number of sulfonamides is 2. The Hall–Kier alpha value is -2.18. The largest absolute Gasteiger partial charge is 0.399 e. The number of nitrogen functional groups attached to an aromatic ring is 2. The normalized spacial score (nSPS) is 12.4. The summed E-state index contributed by atoms with van der Waals surface area (Å²) in [7, 11) is -7.68. The highest BCUT2D eigenvalue weighted by Gasteiger charge is 2.18. The summed E-state index contributed by atoms with van der Waals surface area (Å²) >= 11 is 0. The monoisotopic (exact) mass is 400 g/mol. The van der Waals surface area contributed by atoms with E-state index in [-0.39, 0.29) is 22.9 Å². The third kappa shape index (κ3) is 5.41. The second-order valence-electron chi connectivity index (χ2n) is 5.50. The van der Waals surface area contributed by atoms with Crippen molar-refractivity contribution >= 4 is 31.4 Å². The average Bonchev–Trinajstić information content (AvgIpc) is 2.59. The zero-order valence-corrected chi connectivity index (χ0v) is 15.3. The Bertz CT molecular complexity index is 863. The molecule has 142 valence electrons. The molecule has 0 saturated heterocycles. The van der Waals surface area contributed by atoms with Crippen molar-refractivity contribution in [2.75, 3.05) is 24.6 Å². The first kappa shape index (κ1) is 20.1. The van der Waals surface area contributed by atoms with E-state index in [0.29, 0.717) is 11.4 Å². The van der Waals surface area contributed by atoms with Crippen LogP contribution >= 0.6 is 0 Å². The molecular formula is C15H20N4O5S2. The predicted octanol–water partition coefficient (Wildman–Crippen LogP) is -0.531. The molecule has 11 heteroatoms. The number of hydrogen-bond acceptors (Lipinski definition) is 7. The third-order valence-electron chi connectivity index (χ3n) is 3.40. The van der Waals surface area contributed by atoms with E-state index in [1.54, 1.807) is 0 Å². The maximum absolute atomic E-state index is 12.1. The van der Waals surface area contributed by atoms with Gasteiger partial charge < -0.3 is 16.6 Å². The van der Waals surface area contributed by atoms with Crippen molar-refractivity contribution in [2.24, 2.45) is 0 Å². The highest BCUT2D eigenvalue weighted by molar-refractivity contribution is 7.89. The SMILES string of the molecule is Nc1ccc(S(=O)(=O)NCC(O)CNS(=O)(=O)c2ccc(N)cc2)cc1. The van der Waals surface area contributed by atoms with Gasteiger partial charge in [0.25, 0.3) is 0 Å². The van der Waals surface area contributed by atoms with Crippen LogP contribution in [0.4, 0.5) is 11.4 Å². The van der Waals surface area contributed by atoms with Crippen LogP contribution in [0, 0.1) is 0 Å². The lowest BCUT2D eigenvalue weighted by atomic mass is 10.3. The van der Waals surface area contributed by atoms with E-state index >= 15 is 0 Å². The molecule has 0 aliphatic rings. The molecule has 0 aliphatic heterocycles. The van der Waals surface area contributed by atoms with Gasteiger partial charge in [0.1, 0.15) is 0 Å². The van der Waals surface area contributed by atoms with Gasteiger partial charge in [0, 0.05) is 24.5 Å². The third-order valence-corrected chi connectivity index (χ3v) is 6.28. The van der Waals surface area contributed by atoms with Crippen molar-refractivity contribution in [2.45, 2.75) is 15.9 Å². The van der Waals surface area contributed by atoms with Crippen LogP contribution in [0.1, 0.15) is 0 Å². The van der Waals surface area contributed by atoms with Crippen LogP contribution < -0.4 is 20.9 Å². The van der Waals surface area contributed by atoms with Crippen LogP contribution in [0.5, 0.6) is 0 Å². The molecule has 0 radical (unpaired) electrons. The zero-order chi connectivity index (χ0) is 19.4. The summed E-state index contributed by atoms with van der Waals surface area (Å²) in [6.07, 6.45) is -1.26. The zero-order valence-electron chi connectivity index (χ0n) is 13.7. The van der Waals surface area contributed by atoms with E-state index in [2.05, 4.69) is 9.44 Å². The molecule has 0 aromatic heterocycles. The molecule has 0 spiro atoms. The standard InChI is InChI=1S/C15H20N4O5S2/c16-11-1-5-14(6-2-11)25(21,22)18-9-13(20)10-19-26(23,24)15-7-3-12(17)4-8-15/h1-8,13,18-20H,9-10,16-17H2. The summed E-state index contributed by atoms with van der Waals surface area (Å²) in [5.74, 6) is 0. The lowest BCUT2D eigenvalue weighted by molar-refractivity contribution is 0.182. The van der Waals surface area contributed by atoms with Crippen molar-refractivity contribution < 1.29 is 21.9 Å². The van der Waals surface area contributed by atoms with Crippen molar-refractivity contribution in [3.05, 3.63) is 48.5 Å². The first-order valence-electron chi connectivity index (χ1n) is 7.49. The summed E-state index contributed by atoms with van der Waals surface area (Å²) in [5, 5.41) is 9.86. The summed E-state index contributed by atoms with van der Waals surface area (Å²) in [6.45, 7) is -0.728. The number of aliphatic hydroxyl groups is 1. The van der Waals surface area contributed by atoms with Crippen LogP contribution in [-0.2, 0) is 20.0 Å². The number of aliphatic hydroxyl groups excluding tert-OH is 1. The van der Waals surface area contributed by atoms with E-state index in [1.807, 2.05) is 0 Å². The van der Waals surface area contributed by atoms with Gasteiger partial charge >= 0.3 is 0 Å². The molecule has 0 aliphatic carbocycles. The van der Waals surface area contributed by atoms with Crippen molar-refractivity contribution in [1.82, 2.24) is 9.44 Å². The van der Waals surface area contributed by atoms with E-state index in [4.69, 9.17) is 11.5 Å². The topological polar surface area (TPSA) is 165 Å². The molecule has 9 nitrogen and oxygen atoms in total. The minimum Gasteiger partial charge on any atom is -0.399 e. The Morgan fingerprint density at radius 3 is 1.35 bits per heavy atom. The summed E-state index contributed by atoms with van der Waals surface area (Å²) < 4.78 is 52.8. The average molecular weight is 400 g/mol. The lowest BCUT2D eigenvalue weighted by Crippen LogP contribution is -2.39. The number of rotatable bonds is 8. The Morgan fingerprint density at radius 1 is 0.731 bits per heavy atom. The van der Waals surface area contributed by atoms with Crippen LogP contribution in [0.2, 0.25) is 0 Å². The highest BCUT2D eigenvalue weighted by Crippen LogP contribution is 2.12. The van der Waals surface area contributed by atoms with Crippen LogP contribution in [0.25, 0.3) is 0 Å². The quantitative estimate of drug-likeness (QED) is 0.372. The Morgan fingerprint density at radius 2 is 1.04 bits per heavy atom. The molecule has 2 rings (SSSR count). The van der Waals surface area contributed by atoms with E-state index in [9.17, 15) is 21.9 Å². The maximum Gasteiger partial charge on any atom is 0.240 e. The number of nitrogens with one attached hydrogen (secondary N) is 2. The fraction of sp³-hybridized carbons (Fsp3) is 0.200. The number of anilines is 2. The molecule has 0 unspecified atom stereocenters. The van der Waals surface area contributed by atoms with Gasteiger partial charge in [-0.3, -0.25) is 0 Å². The molecule has 0 fully saturated rings. The molecule has 0 amide bonds. The first-order valence-corrected chi connectivity index (χ1v) is 10.5. The van der Waals surface area contributed by atoms with E-state index < -0.39 is 26.2 Å². The maximum atomic E-state index is 12.1. The highest BCUT2D eigenvalue weighted by atomic mass is 32.2. The van der Waals surface area contributed by atoms with Gasteiger partial charge in [0.05, 0.1) is 15.9 Å². The predicted molar refractivity (Wildman–Crippen MR) is 98.1 cm³/mol. The Balaban J connectivity index is 1.91. The Kier molecular flexibility index (Phi) is 6.21. The fourth-order valence-corrected chi connectivity index (χ4v) is 4.09. The van der Waals surface area contributed by atoms with Crippen LogP contribution in [-0.4, -0.2) is 41.1 Å². The molecule has 0 bridgehead atoms. The van der Waals surface area contributed by atoms with Gasteiger partial charge in [0.2, 0.25) is 20.0 Å². The molecular weight excluding hydrogens is 380 g/mol. The van der Waals surface area contributed by atoms with Crippen LogP contribution in [0.3, 0.4) is 0 Å². The number of hydrogen-bond donors (Lipinski definition) is 5. The van der Waals surface area contributed by atoms with Gasteiger partial charge in [-0.2, -0.15) is 0 Å². The minimum absolute atomic E-state index is 0.0126. The summed E-state index contributed by atoms with van der Waals surface area (Å²) in [5.41, 5.74) is 11.8. The molecule has 26 heavy (non-hydrogen) atoms. The van der Waals surface area contributed by atoms with E-state index in [0.717, 1.165) is 0 Å². The fourth-order valence-electron chi connectivity index (χ4n) is 1.94. The molecule has 0 atom stereocenters. The van der Waals surface area contributed by atoms with Gasteiger partial charge in [-0.1, -0.05) is 0 Å². The number of nitrogens with two attached hydrogens (primary N) is 2. The molecule has 0 saturated carbocycles. The van der Waals surface area contributed by atoms with Crippen LogP contribution in [0.15, 0.2) is 58.3 Å². The van der Waals surface area contributed by atoms with Gasteiger partial charge in [-0.15, -0.1) is 0 Å². The summed E-state index contributed by atoms with van der Waals surface area (Å²) in [6, 6.07) is 11.1. The van der Waals surface area contributed by atoms with Crippen molar-refractivity contribution in [3.8, 4) is 0 Å². The Labute approximate surface area is 152 Å². The molecule has 2 aromatic rings. The molecule has 7 N–H and O–H groups in total. The van der Waals surface area contributed by atoms with Crippen molar-refractivity contribution in [1.29, 1.82) is 0 Å². The van der Waals surface area contributed by atoms with Gasteiger partial charge in [-0.05, 0) is 48.5 Å². The minimum atomic E-state index is -3.84. The molecule has 2 aromatic carbocycles. The first-order chi connectivity index (χ1) is 12.1. The van der Waals surface area contributed by atoms with Gasteiger partial charge in [-0.25, -0.2) is 26.3 Å². The second kappa shape index (κ2) is 8.01. The van der Waals surface area contributed by atoms with E-state index in [1.165, 1.54) is 48.5 Å². The van der Waals surface area contributed by atoms with Gasteiger partial charge in [0.15, 0.2) is 0 Å². The smallest absolute Gasteiger partial charge is 0.240 e. The second-order valence-corrected chi connectivity index (χ2v) is 9.03. The number of benzene rings is 2. The lowest BCUT2D eigenvalue weighted by Gasteiger charge is -2.14.